The summed E-state index contributed by atoms with van der Waals surface area (Å²) in [6.45, 7) is 2.61. The van der Waals surface area contributed by atoms with E-state index in [1.54, 1.807) is 16.9 Å². The van der Waals surface area contributed by atoms with Crippen molar-refractivity contribution < 1.29 is 14.7 Å². The summed E-state index contributed by atoms with van der Waals surface area (Å²) in [7, 11) is 0. The Bertz CT molecular complexity index is 1040. The molecule has 7 heteroatoms. The fraction of sp³-hybridized carbons (Fsp3) is 0.364. The highest BCUT2D eigenvalue weighted by Crippen LogP contribution is 2.28. The molecule has 1 aliphatic carbocycles. The van der Waals surface area contributed by atoms with E-state index in [0.29, 0.717) is 41.7 Å². The number of nitrogens with zero attached hydrogens (tertiary/aromatic N) is 3. The summed E-state index contributed by atoms with van der Waals surface area (Å²) < 4.78 is 1.76. The number of hydrogen-bond acceptors (Lipinski definition) is 4. The van der Waals surface area contributed by atoms with E-state index >= 15 is 0 Å². The summed E-state index contributed by atoms with van der Waals surface area (Å²) in [5, 5.41) is 17.5. The van der Waals surface area contributed by atoms with Crippen LogP contribution in [-0.4, -0.2) is 37.8 Å². The minimum atomic E-state index is -0.848. The number of carbonyl (C=O) groups excluding carboxylic acids is 1. The number of carbonyl (C=O) groups is 2. The molecule has 1 saturated carbocycles. The maximum absolute atomic E-state index is 13.2. The van der Waals surface area contributed by atoms with Crippen LogP contribution in [0, 0.1) is 5.92 Å². The maximum atomic E-state index is 13.2. The third-order valence-electron chi connectivity index (χ3n) is 5.62. The van der Waals surface area contributed by atoms with Crippen molar-refractivity contribution >= 4 is 22.9 Å². The zero-order valence-electron chi connectivity index (χ0n) is 16.3. The normalized spacial score (nSPS) is 19.2. The molecule has 2 atom stereocenters. The number of aliphatic carboxylic acids is 1. The molecule has 4 rings (SSSR count). The minimum absolute atomic E-state index is 0.275. The Morgan fingerprint density at radius 3 is 2.69 bits per heavy atom. The van der Waals surface area contributed by atoms with Crippen molar-refractivity contribution in [1.82, 2.24) is 20.1 Å². The van der Waals surface area contributed by atoms with Crippen LogP contribution in [0.4, 0.5) is 0 Å². The van der Waals surface area contributed by atoms with E-state index in [2.05, 4.69) is 10.4 Å². The summed E-state index contributed by atoms with van der Waals surface area (Å²) in [5.74, 6) is -1.67. The first kappa shape index (κ1) is 19.1. The molecule has 0 spiro atoms. The highest BCUT2D eigenvalue weighted by Gasteiger charge is 2.32. The third-order valence-corrected chi connectivity index (χ3v) is 5.62. The number of benzene rings is 1. The Morgan fingerprint density at radius 1 is 1.21 bits per heavy atom. The van der Waals surface area contributed by atoms with E-state index in [9.17, 15) is 14.7 Å². The van der Waals surface area contributed by atoms with Gasteiger partial charge in [-0.25, -0.2) is 9.67 Å². The summed E-state index contributed by atoms with van der Waals surface area (Å²) in [6.07, 6.45) is 4.73. The number of fused-ring (bicyclic) bond motifs is 1. The van der Waals surface area contributed by atoms with E-state index in [-0.39, 0.29) is 11.9 Å². The van der Waals surface area contributed by atoms with Crippen LogP contribution in [0.5, 0.6) is 0 Å². The van der Waals surface area contributed by atoms with Gasteiger partial charge in [-0.2, -0.15) is 5.10 Å². The molecule has 2 heterocycles. The molecule has 2 aromatic heterocycles. The molecular weight excluding hydrogens is 368 g/mol. The van der Waals surface area contributed by atoms with Gasteiger partial charge in [0.05, 0.1) is 28.8 Å². The number of hydrogen-bond donors (Lipinski definition) is 2. The Labute approximate surface area is 168 Å². The van der Waals surface area contributed by atoms with Crippen molar-refractivity contribution in [3.05, 3.63) is 48.2 Å². The predicted octanol–water partition coefficient (Wildman–Crippen LogP) is 3.49. The van der Waals surface area contributed by atoms with Gasteiger partial charge in [0.2, 0.25) is 0 Å². The van der Waals surface area contributed by atoms with E-state index in [4.69, 9.17) is 4.98 Å². The first-order valence-corrected chi connectivity index (χ1v) is 10.0. The molecule has 1 aromatic carbocycles. The van der Waals surface area contributed by atoms with Gasteiger partial charge in [-0.15, -0.1) is 0 Å². The van der Waals surface area contributed by atoms with E-state index in [1.807, 2.05) is 37.3 Å². The zero-order chi connectivity index (χ0) is 20.4. The molecule has 0 radical (unpaired) electrons. The lowest BCUT2D eigenvalue weighted by molar-refractivity contribution is -0.143. The largest absolute Gasteiger partial charge is 0.481 e. The quantitative estimate of drug-likeness (QED) is 0.693. The number of aryl methyl sites for hydroxylation is 1. The average Bonchev–Trinajstić information content (AvgIpc) is 3.17. The number of carboxylic acid groups (broad SMARTS) is 1. The van der Waals surface area contributed by atoms with Gasteiger partial charge in [-0.1, -0.05) is 43.2 Å². The number of nitrogens with one attached hydrogen (secondary N) is 1. The number of aromatic nitrogens is 3. The zero-order valence-corrected chi connectivity index (χ0v) is 16.3. The third kappa shape index (κ3) is 3.72. The number of carboxylic acids is 1. The van der Waals surface area contributed by atoms with Gasteiger partial charge in [0.1, 0.15) is 0 Å². The molecule has 150 valence electrons. The molecule has 1 fully saturated rings. The van der Waals surface area contributed by atoms with Gasteiger partial charge < -0.3 is 10.4 Å². The van der Waals surface area contributed by atoms with Crippen LogP contribution >= 0.6 is 0 Å². The smallest absolute Gasteiger partial charge is 0.308 e. The second-order valence-electron chi connectivity index (χ2n) is 7.43. The fourth-order valence-corrected chi connectivity index (χ4v) is 4.07. The maximum Gasteiger partial charge on any atom is 0.308 e. The Morgan fingerprint density at radius 2 is 1.97 bits per heavy atom. The van der Waals surface area contributed by atoms with Crippen molar-refractivity contribution in [2.24, 2.45) is 5.92 Å². The Kier molecular flexibility index (Phi) is 5.29. The van der Waals surface area contributed by atoms with Gasteiger partial charge in [-0.3, -0.25) is 9.59 Å². The summed E-state index contributed by atoms with van der Waals surface area (Å²) in [6, 6.07) is 11.1. The van der Waals surface area contributed by atoms with Crippen molar-refractivity contribution in [3.63, 3.8) is 0 Å². The van der Waals surface area contributed by atoms with E-state index < -0.39 is 11.9 Å². The monoisotopic (exact) mass is 392 g/mol. The van der Waals surface area contributed by atoms with Crippen LogP contribution in [0.3, 0.4) is 0 Å². The van der Waals surface area contributed by atoms with Crippen LogP contribution in [0.25, 0.3) is 22.3 Å². The van der Waals surface area contributed by atoms with Crippen LogP contribution in [0.2, 0.25) is 0 Å². The van der Waals surface area contributed by atoms with Gasteiger partial charge in [0.15, 0.2) is 5.65 Å². The lowest BCUT2D eigenvalue weighted by Gasteiger charge is -2.29. The Balaban J connectivity index is 1.74. The summed E-state index contributed by atoms with van der Waals surface area (Å²) in [4.78, 5) is 29.5. The molecule has 0 saturated heterocycles. The second kappa shape index (κ2) is 8.03. The molecule has 0 bridgehead atoms. The van der Waals surface area contributed by atoms with Crippen LogP contribution in [-0.2, 0) is 11.3 Å². The second-order valence-corrected chi connectivity index (χ2v) is 7.43. The molecule has 1 aliphatic rings. The van der Waals surface area contributed by atoms with Crippen LogP contribution < -0.4 is 5.32 Å². The highest BCUT2D eigenvalue weighted by atomic mass is 16.4. The first-order chi connectivity index (χ1) is 14.1. The predicted molar refractivity (Wildman–Crippen MR) is 109 cm³/mol. The molecule has 0 aliphatic heterocycles. The van der Waals surface area contributed by atoms with Crippen LogP contribution in [0.15, 0.2) is 42.6 Å². The molecule has 0 unspecified atom stereocenters. The average molecular weight is 392 g/mol. The molecule has 3 aromatic rings. The molecule has 7 nitrogen and oxygen atoms in total. The van der Waals surface area contributed by atoms with Crippen LogP contribution in [0.1, 0.15) is 43.0 Å². The van der Waals surface area contributed by atoms with Gasteiger partial charge in [0.25, 0.3) is 5.91 Å². The van der Waals surface area contributed by atoms with Gasteiger partial charge in [-0.05, 0) is 25.8 Å². The standard InChI is InChI=1S/C22H24N4O3/c1-2-26-20-17(13-23-26)16(12-19(24-20)14-8-4-3-5-9-14)21(27)25-18-11-7-6-10-15(18)22(28)29/h3-5,8-9,12-13,15,18H,2,6-7,10-11H2,1H3,(H,25,27)(H,28,29)/t15-,18+/m0/s1. The molecule has 29 heavy (non-hydrogen) atoms. The summed E-state index contributed by atoms with van der Waals surface area (Å²) >= 11 is 0. The van der Waals surface area contributed by atoms with Gasteiger partial charge >= 0.3 is 5.97 Å². The highest BCUT2D eigenvalue weighted by molar-refractivity contribution is 6.06. The first-order valence-electron chi connectivity index (χ1n) is 10.0. The van der Waals surface area contributed by atoms with Crippen molar-refractivity contribution in [2.45, 2.75) is 45.2 Å². The fourth-order valence-electron chi connectivity index (χ4n) is 4.07. The van der Waals surface area contributed by atoms with Crippen molar-refractivity contribution in [1.29, 1.82) is 0 Å². The summed E-state index contributed by atoms with van der Waals surface area (Å²) in [5.41, 5.74) is 2.73. The van der Waals surface area contributed by atoms with Gasteiger partial charge in [0, 0.05) is 18.2 Å². The van der Waals surface area contributed by atoms with Crippen molar-refractivity contribution in [2.75, 3.05) is 0 Å². The lowest BCUT2D eigenvalue weighted by atomic mass is 9.84. The van der Waals surface area contributed by atoms with E-state index in [1.165, 1.54) is 0 Å². The molecule has 2 N–H and O–H groups in total. The SMILES string of the molecule is CCn1ncc2c(C(=O)N[C@@H]3CCCC[C@@H]3C(=O)O)cc(-c3ccccc3)nc21. The topological polar surface area (TPSA) is 97.1 Å². The van der Waals surface area contributed by atoms with E-state index in [0.717, 1.165) is 18.4 Å². The molecule has 1 amide bonds. The Hall–Kier alpha value is -3.22. The lowest BCUT2D eigenvalue weighted by Crippen LogP contribution is -2.45. The number of rotatable bonds is 5. The number of pyridine rings is 1. The number of amides is 1. The van der Waals surface area contributed by atoms with Crippen molar-refractivity contribution in [3.8, 4) is 11.3 Å². The molecular formula is C22H24N4O3. The minimum Gasteiger partial charge on any atom is -0.481 e.